The van der Waals surface area contributed by atoms with Crippen molar-refractivity contribution in [1.29, 1.82) is 0 Å². The SMILES string of the molecule is CC(=O)Oc1ccc(C)cc1N=Nc1ccc(C)cc1. The van der Waals surface area contributed by atoms with Gasteiger partial charge in [-0.25, -0.2) is 0 Å². The minimum atomic E-state index is -0.374. The maximum absolute atomic E-state index is 11.1. The van der Waals surface area contributed by atoms with Gasteiger partial charge in [0.25, 0.3) is 0 Å². The first-order chi connectivity index (χ1) is 9.54. The summed E-state index contributed by atoms with van der Waals surface area (Å²) in [5, 5.41) is 8.33. The summed E-state index contributed by atoms with van der Waals surface area (Å²) in [5.74, 6) is 0.0413. The van der Waals surface area contributed by atoms with Crippen LogP contribution in [0.4, 0.5) is 11.4 Å². The number of azo groups is 1. The molecule has 0 aliphatic rings. The van der Waals surface area contributed by atoms with Crippen LogP contribution in [-0.4, -0.2) is 5.97 Å². The molecule has 102 valence electrons. The molecule has 0 aliphatic carbocycles. The van der Waals surface area contributed by atoms with Gasteiger partial charge < -0.3 is 4.74 Å². The maximum Gasteiger partial charge on any atom is 0.308 e. The lowest BCUT2D eigenvalue weighted by molar-refractivity contribution is -0.131. The highest BCUT2D eigenvalue weighted by atomic mass is 16.5. The molecule has 0 heterocycles. The second kappa shape index (κ2) is 6.10. The normalized spacial score (nSPS) is 10.8. The molecule has 0 bridgehead atoms. The van der Waals surface area contributed by atoms with E-state index in [9.17, 15) is 4.79 Å². The smallest absolute Gasteiger partial charge is 0.308 e. The van der Waals surface area contributed by atoms with E-state index in [1.165, 1.54) is 12.5 Å². The summed E-state index contributed by atoms with van der Waals surface area (Å²) in [6, 6.07) is 13.1. The Hall–Kier alpha value is -2.49. The fourth-order valence-electron chi connectivity index (χ4n) is 1.67. The minimum absolute atomic E-state index is 0.374. The van der Waals surface area contributed by atoms with E-state index in [4.69, 9.17) is 4.74 Å². The Bertz CT molecular complexity index is 646. The number of aryl methyl sites for hydroxylation is 2. The summed E-state index contributed by atoms with van der Waals surface area (Å²) >= 11 is 0. The van der Waals surface area contributed by atoms with Crippen molar-refractivity contribution >= 4 is 17.3 Å². The molecule has 0 aromatic heterocycles. The Kier molecular flexibility index (Phi) is 4.25. The Morgan fingerprint density at radius 1 is 0.950 bits per heavy atom. The van der Waals surface area contributed by atoms with Crippen LogP contribution in [0, 0.1) is 13.8 Å². The summed E-state index contributed by atoms with van der Waals surface area (Å²) in [5.41, 5.74) is 3.49. The number of esters is 1. The quantitative estimate of drug-likeness (QED) is 0.462. The monoisotopic (exact) mass is 268 g/mol. The van der Waals surface area contributed by atoms with Crippen LogP contribution in [0.1, 0.15) is 18.1 Å². The molecule has 0 saturated heterocycles. The molecule has 4 heteroatoms. The molecular formula is C16H16N2O2. The van der Waals surface area contributed by atoms with Crippen molar-refractivity contribution in [2.75, 3.05) is 0 Å². The molecule has 2 rings (SSSR count). The first-order valence-corrected chi connectivity index (χ1v) is 6.32. The summed E-state index contributed by atoms with van der Waals surface area (Å²) in [6.45, 7) is 5.32. The first kappa shape index (κ1) is 13.9. The van der Waals surface area contributed by atoms with E-state index in [1.54, 1.807) is 6.07 Å². The van der Waals surface area contributed by atoms with Crippen molar-refractivity contribution in [1.82, 2.24) is 0 Å². The average Bonchev–Trinajstić information content (AvgIpc) is 2.40. The molecule has 0 spiro atoms. The van der Waals surface area contributed by atoms with E-state index in [1.807, 2.05) is 50.2 Å². The molecule has 20 heavy (non-hydrogen) atoms. The highest BCUT2D eigenvalue weighted by Gasteiger charge is 2.06. The zero-order valence-electron chi connectivity index (χ0n) is 11.8. The van der Waals surface area contributed by atoms with E-state index in [2.05, 4.69) is 10.2 Å². The Labute approximate surface area is 118 Å². The van der Waals surface area contributed by atoms with Crippen LogP contribution in [0.3, 0.4) is 0 Å². The number of hydrogen-bond acceptors (Lipinski definition) is 4. The predicted molar refractivity (Wildman–Crippen MR) is 77.8 cm³/mol. The van der Waals surface area contributed by atoms with E-state index in [-0.39, 0.29) is 5.97 Å². The number of rotatable bonds is 3. The second-order valence-electron chi connectivity index (χ2n) is 4.60. The van der Waals surface area contributed by atoms with Crippen LogP contribution in [0.25, 0.3) is 0 Å². The van der Waals surface area contributed by atoms with Crippen molar-refractivity contribution in [2.45, 2.75) is 20.8 Å². The lowest BCUT2D eigenvalue weighted by Gasteiger charge is -2.05. The van der Waals surface area contributed by atoms with Crippen LogP contribution in [0.5, 0.6) is 5.75 Å². The maximum atomic E-state index is 11.1. The summed E-state index contributed by atoms with van der Waals surface area (Å²) in [6.07, 6.45) is 0. The van der Waals surface area contributed by atoms with E-state index in [0.717, 1.165) is 11.3 Å². The topological polar surface area (TPSA) is 51.0 Å². The van der Waals surface area contributed by atoms with Gasteiger partial charge in [0, 0.05) is 6.92 Å². The van der Waals surface area contributed by atoms with Crippen molar-refractivity contribution < 1.29 is 9.53 Å². The van der Waals surface area contributed by atoms with Gasteiger partial charge in [0.1, 0.15) is 5.69 Å². The minimum Gasteiger partial charge on any atom is -0.424 e. The fraction of sp³-hybridized carbons (Fsp3) is 0.188. The third kappa shape index (κ3) is 3.75. The zero-order valence-corrected chi connectivity index (χ0v) is 11.8. The Morgan fingerprint density at radius 3 is 2.25 bits per heavy atom. The van der Waals surface area contributed by atoms with Gasteiger partial charge in [-0.1, -0.05) is 23.8 Å². The molecule has 0 atom stereocenters. The highest BCUT2D eigenvalue weighted by Crippen LogP contribution is 2.30. The molecule has 0 saturated carbocycles. The van der Waals surface area contributed by atoms with Gasteiger partial charge in [0.05, 0.1) is 5.69 Å². The number of nitrogens with zero attached hydrogens (tertiary/aromatic N) is 2. The lowest BCUT2D eigenvalue weighted by Crippen LogP contribution is -2.01. The Morgan fingerprint density at radius 2 is 1.60 bits per heavy atom. The van der Waals surface area contributed by atoms with E-state index >= 15 is 0 Å². The van der Waals surface area contributed by atoms with Crippen LogP contribution < -0.4 is 4.74 Å². The van der Waals surface area contributed by atoms with Gasteiger partial charge >= 0.3 is 5.97 Å². The van der Waals surface area contributed by atoms with Crippen molar-refractivity contribution in [3.63, 3.8) is 0 Å². The third-order valence-corrected chi connectivity index (χ3v) is 2.68. The molecule has 0 amide bonds. The average molecular weight is 268 g/mol. The van der Waals surface area contributed by atoms with Crippen LogP contribution in [-0.2, 0) is 4.79 Å². The molecule has 2 aromatic rings. The summed E-state index contributed by atoms with van der Waals surface area (Å²) in [7, 11) is 0. The lowest BCUT2D eigenvalue weighted by atomic mass is 10.2. The third-order valence-electron chi connectivity index (χ3n) is 2.68. The number of ether oxygens (including phenoxy) is 1. The van der Waals surface area contributed by atoms with Gasteiger partial charge in [-0.05, 0) is 43.7 Å². The zero-order chi connectivity index (χ0) is 14.5. The van der Waals surface area contributed by atoms with Gasteiger partial charge in [-0.2, -0.15) is 5.11 Å². The van der Waals surface area contributed by atoms with Gasteiger partial charge in [0.15, 0.2) is 5.75 Å². The molecule has 4 nitrogen and oxygen atoms in total. The van der Waals surface area contributed by atoms with Crippen molar-refractivity contribution in [3.05, 3.63) is 53.6 Å². The Balaban J connectivity index is 2.29. The molecule has 0 fully saturated rings. The molecule has 0 N–H and O–H groups in total. The fourth-order valence-corrected chi connectivity index (χ4v) is 1.67. The number of carbonyl (C=O) groups excluding carboxylic acids is 1. The molecule has 2 aromatic carbocycles. The van der Waals surface area contributed by atoms with Gasteiger partial charge in [0.2, 0.25) is 0 Å². The van der Waals surface area contributed by atoms with Crippen molar-refractivity contribution in [2.24, 2.45) is 10.2 Å². The van der Waals surface area contributed by atoms with E-state index < -0.39 is 0 Å². The predicted octanol–water partition coefficient (Wildman–Crippen LogP) is 4.64. The standard InChI is InChI=1S/C16H16N2O2/c1-11-4-7-14(8-5-11)17-18-15-10-12(2)6-9-16(15)20-13(3)19/h4-10H,1-3H3. The summed E-state index contributed by atoms with van der Waals surface area (Å²) < 4.78 is 5.12. The second-order valence-corrected chi connectivity index (χ2v) is 4.60. The van der Waals surface area contributed by atoms with Crippen LogP contribution >= 0.6 is 0 Å². The molecular weight excluding hydrogens is 252 g/mol. The van der Waals surface area contributed by atoms with Crippen molar-refractivity contribution in [3.8, 4) is 5.75 Å². The van der Waals surface area contributed by atoms with E-state index in [0.29, 0.717) is 11.4 Å². The van der Waals surface area contributed by atoms with Gasteiger partial charge in [-0.15, -0.1) is 5.11 Å². The molecule has 0 radical (unpaired) electrons. The largest absolute Gasteiger partial charge is 0.424 e. The van der Waals surface area contributed by atoms with Crippen LogP contribution in [0.2, 0.25) is 0 Å². The molecule has 0 aliphatic heterocycles. The first-order valence-electron chi connectivity index (χ1n) is 6.32. The molecule has 0 unspecified atom stereocenters. The highest BCUT2D eigenvalue weighted by molar-refractivity contribution is 5.72. The number of hydrogen-bond donors (Lipinski definition) is 0. The summed E-state index contributed by atoms with van der Waals surface area (Å²) in [4.78, 5) is 11.1. The number of carbonyl (C=O) groups is 1. The van der Waals surface area contributed by atoms with Gasteiger partial charge in [-0.3, -0.25) is 4.79 Å². The van der Waals surface area contributed by atoms with Crippen LogP contribution in [0.15, 0.2) is 52.7 Å². The number of benzene rings is 2.